The van der Waals surface area contributed by atoms with E-state index in [1.165, 1.54) is 20.5 Å². The second-order valence-corrected chi connectivity index (χ2v) is 9.79. The summed E-state index contributed by atoms with van der Waals surface area (Å²) in [6.45, 7) is 10.4. The van der Waals surface area contributed by atoms with Gasteiger partial charge in [-0.3, -0.25) is 9.59 Å². The van der Waals surface area contributed by atoms with Crippen LogP contribution < -0.4 is 0 Å². The highest BCUT2D eigenvalue weighted by atomic mass is 16.5. The third kappa shape index (κ3) is 2.36. The summed E-state index contributed by atoms with van der Waals surface area (Å²) in [5.41, 5.74) is -1.07. The van der Waals surface area contributed by atoms with Gasteiger partial charge in [-0.15, -0.1) is 0 Å². The normalized spacial score (nSPS) is 45.9. The van der Waals surface area contributed by atoms with Crippen LogP contribution in [0, 0.1) is 28.1 Å². The van der Waals surface area contributed by atoms with Crippen molar-refractivity contribution in [1.82, 2.24) is 0 Å². The lowest BCUT2D eigenvalue weighted by atomic mass is 9.41. The van der Waals surface area contributed by atoms with Crippen molar-refractivity contribution in [2.75, 3.05) is 7.11 Å². The number of methoxy groups -OCH3 is 1. The molecule has 4 nitrogen and oxygen atoms in total. The first kappa shape index (κ1) is 18.6. The van der Waals surface area contributed by atoms with Crippen molar-refractivity contribution in [1.29, 1.82) is 0 Å². The molecule has 1 N–H and O–H groups in total. The molecular weight excluding hydrogens is 316 g/mol. The molecule has 0 unspecified atom stereocenters. The van der Waals surface area contributed by atoms with Crippen LogP contribution in [0.2, 0.25) is 0 Å². The minimum atomic E-state index is -1.71. The van der Waals surface area contributed by atoms with E-state index in [9.17, 15) is 14.7 Å². The smallest absolute Gasteiger partial charge is 0.312 e. The van der Waals surface area contributed by atoms with E-state index in [4.69, 9.17) is 4.74 Å². The Balaban J connectivity index is 2.19. The topological polar surface area (TPSA) is 63.6 Å². The van der Waals surface area contributed by atoms with Crippen molar-refractivity contribution in [3.8, 4) is 0 Å². The highest BCUT2D eigenvalue weighted by Crippen LogP contribution is 2.67. The Kier molecular flexibility index (Phi) is 4.04. The second kappa shape index (κ2) is 5.42. The summed E-state index contributed by atoms with van der Waals surface area (Å²) in [7, 11) is 1.33. The van der Waals surface area contributed by atoms with E-state index in [-0.39, 0.29) is 16.6 Å². The van der Waals surface area contributed by atoms with Gasteiger partial charge in [0, 0.05) is 5.41 Å². The Labute approximate surface area is 151 Å². The van der Waals surface area contributed by atoms with Gasteiger partial charge < -0.3 is 9.84 Å². The highest BCUT2D eigenvalue weighted by molar-refractivity contribution is 6.02. The zero-order valence-corrected chi connectivity index (χ0v) is 16.4. The van der Waals surface area contributed by atoms with Crippen LogP contribution in [0.5, 0.6) is 0 Å². The van der Waals surface area contributed by atoms with Gasteiger partial charge in [-0.05, 0) is 55.4 Å². The van der Waals surface area contributed by atoms with Crippen LogP contribution in [0.3, 0.4) is 0 Å². The maximum absolute atomic E-state index is 12.8. The number of rotatable bonds is 1. The molecule has 0 spiro atoms. The lowest BCUT2D eigenvalue weighted by Crippen LogP contribution is -2.62. The largest absolute Gasteiger partial charge is 0.469 e. The number of esters is 1. The lowest BCUT2D eigenvalue weighted by molar-refractivity contribution is -0.175. The van der Waals surface area contributed by atoms with Gasteiger partial charge in [0.2, 0.25) is 0 Å². The van der Waals surface area contributed by atoms with Crippen LogP contribution in [0.25, 0.3) is 0 Å². The molecule has 5 atom stereocenters. The molecule has 0 aliphatic heterocycles. The zero-order chi connectivity index (χ0) is 18.8. The Hall–Kier alpha value is -1.16. The highest BCUT2D eigenvalue weighted by Gasteiger charge is 2.65. The standard InChI is InChI=1S/C21H32O4/c1-18(2)9-7-10-19(3)13(18)8-11-20(4)14(19)12-15(22)21(5,24)16(20)17(23)25-6/h12-13,16,24H,7-11H2,1-6H3/t13-,16-,19-,20+,21-/m0/s1. The average molecular weight is 348 g/mol. The molecule has 0 aromatic rings. The van der Waals surface area contributed by atoms with E-state index in [2.05, 4.69) is 20.8 Å². The molecule has 3 aliphatic rings. The van der Waals surface area contributed by atoms with Crippen LogP contribution in [0.4, 0.5) is 0 Å². The number of ketones is 1. The maximum Gasteiger partial charge on any atom is 0.312 e. The predicted octanol–water partition coefficient (Wildman–Crippen LogP) is 3.67. The van der Waals surface area contributed by atoms with E-state index >= 15 is 0 Å². The Morgan fingerprint density at radius 1 is 1.12 bits per heavy atom. The van der Waals surface area contributed by atoms with Gasteiger partial charge >= 0.3 is 5.97 Å². The molecule has 0 bridgehead atoms. The zero-order valence-electron chi connectivity index (χ0n) is 16.4. The fourth-order valence-corrected chi connectivity index (χ4v) is 6.66. The summed E-state index contributed by atoms with van der Waals surface area (Å²) in [5.74, 6) is -1.20. The van der Waals surface area contributed by atoms with E-state index in [1.807, 2.05) is 6.92 Å². The lowest BCUT2D eigenvalue weighted by Gasteiger charge is -2.62. The third-order valence-electron chi connectivity index (χ3n) is 7.82. The van der Waals surface area contributed by atoms with Crippen LogP contribution in [0.15, 0.2) is 11.6 Å². The van der Waals surface area contributed by atoms with Crippen molar-refractivity contribution >= 4 is 11.8 Å². The molecule has 3 rings (SSSR count). The molecule has 2 saturated carbocycles. The van der Waals surface area contributed by atoms with Gasteiger partial charge in [0.15, 0.2) is 5.78 Å². The molecule has 0 saturated heterocycles. The Bertz CT molecular complexity index is 644. The van der Waals surface area contributed by atoms with Crippen LogP contribution in [0.1, 0.15) is 66.7 Å². The van der Waals surface area contributed by atoms with Gasteiger partial charge in [-0.1, -0.05) is 39.7 Å². The van der Waals surface area contributed by atoms with E-state index in [1.54, 1.807) is 6.08 Å². The molecule has 0 amide bonds. The summed E-state index contributed by atoms with van der Waals surface area (Å²) in [6, 6.07) is 0. The molecule has 2 fully saturated rings. The first-order valence-corrected chi connectivity index (χ1v) is 9.48. The average Bonchev–Trinajstić information content (AvgIpc) is 2.48. The summed E-state index contributed by atoms with van der Waals surface area (Å²) in [4.78, 5) is 25.4. The molecule has 4 heteroatoms. The monoisotopic (exact) mass is 348 g/mol. The Morgan fingerprint density at radius 2 is 1.76 bits per heavy atom. The Morgan fingerprint density at radius 3 is 2.36 bits per heavy atom. The first-order chi connectivity index (χ1) is 11.4. The van der Waals surface area contributed by atoms with Crippen molar-refractivity contribution in [2.24, 2.45) is 28.1 Å². The summed E-state index contributed by atoms with van der Waals surface area (Å²) in [5, 5.41) is 10.9. The minimum absolute atomic E-state index is 0.104. The molecule has 140 valence electrons. The molecule has 0 aromatic carbocycles. The van der Waals surface area contributed by atoms with Crippen LogP contribution in [-0.2, 0) is 14.3 Å². The van der Waals surface area contributed by atoms with Gasteiger partial charge in [-0.2, -0.15) is 0 Å². The first-order valence-electron chi connectivity index (χ1n) is 9.48. The number of allylic oxidation sites excluding steroid dienone is 1. The molecule has 0 aromatic heterocycles. The summed E-state index contributed by atoms with van der Waals surface area (Å²) in [6.07, 6.45) is 6.84. The maximum atomic E-state index is 12.8. The number of aliphatic hydroxyl groups is 1. The predicted molar refractivity (Wildman–Crippen MR) is 95.8 cm³/mol. The SMILES string of the molecule is COC(=O)[C@@H]1[C@@](C)(O)C(=O)C=C2[C@@]1(C)CC[C@H]1C(C)(C)CCC[C@]21C. The number of ether oxygens (including phenoxy) is 1. The fourth-order valence-electron chi connectivity index (χ4n) is 6.66. The van der Waals surface area contributed by atoms with Gasteiger partial charge in [0.25, 0.3) is 0 Å². The van der Waals surface area contributed by atoms with Crippen molar-refractivity contribution in [3.63, 3.8) is 0 Å². The third-order valence-corrected chi connectivity index (χ3v) is 7.82. The number of hydrogen-bond acceptors (Lipinski definition) is 4. The van der Waals surface area contributed by atoms with Crippen molar-refractivity contribution < 1.29 is 19.4 Å². The van der Waals surface area contributed by atoms with E-state index in [0.717, 1.165) is 31.3 Å². The van der Waals surface area contributed by atoms with Crippen molar-refractivity contribution in [3.05, 3.63) is 11.6 Å². The molecule has 0 heterocycles. The minimum Gasteiger partial charge on any atom is -0.469 e. The fraction of sp³-hybridized carbons (Fsp3) is 0.810. The van der Waals surface area contributed by atoms with Crippen LogP contribution in [-0.4, -0.2) is 29.6 Å². The number of carbonyl (C=O) groups is 2. The quantitative estimate of drug-likeness (QED) is 0.735. The second-order valence-electron chi connectivity index (χ2n) is 9.79. The van der Waals surface area contributed by atoms with Gasteiger partial charge in [0.1, 0.15) is 11.5 Å². The number of carbonyl (C=O) groups excluding carboxylic acids is 2. The molecule has 25 heavy (non-hydrogen) atoms. The van der Waals surface area contributed by atoms with E-state index in [0.29, 0.717) is 5.92 Å². The van der Waals surface area contributed by atoms with E-state index < -0.39 is 22.9 Å². The number of fused-ring (bicyclic) bond motifs is 3. The molecule has 3 aliphatic carbocycles. The van der Waals surface area contributed by atoms with Crippen LogP contribution >= 0.6 is 0 Å². The summed E-state index contributed by atoms with van der Waals surface area (Å²) >= 11 is 0. The molecular formula is C21H32O4. The van der Waals surface area contributed by atoms with Crippen molar-refractivity contribution in [2.45, 2.75) is 72.3 Å². The molecule has 0 radical (unpaired) electrons. The van der Waals surface area contributed by atoms with Gasteiger partial charge in [0.05, 0.1) is 7.11 Å². The summed E-state index contributed by atoms with van der Waals surface area (Å²) < 4.78 is 5.02. The van der Waals surface area contributed by atoms with Gasteiger partial charge in [-0.25, -0.2) is 0 Å². The number of hydrogen-bond donors (Lipinski definition) is 1.